The topological polar surface area (TPSA) is 89.5 Å². The molecule has 0 spiro atoms. The molecule has 1 unspecified atom stereocenters. The number of benzene rings is 4. The maximum atomic E-state index is 13.3. The predicted octanol–water partition coefficient (Wildman–Crippen LogP) is 9.42. The summed E-state index contributed by atoms with van der Waals surface area (Å²) in [5.74, 6) is -0.0714. The van der Waals surface area contributed by atoms with Gasteiger partial charge in [0, 0.05) is 19.3 Å². The normalized spacial score (nSPS) is 13.6. The summed E-state index contributed by atoms with van der Waals surface area (Å²) in [5, 5.41) is 2.31. The summed E-state index contributed by atoms with van der Waals surface area (Å²) in [5.41, 5.74) is 1.39. The zero-order valence-electron chi connectivity index (χ0n) is 34.2. The molecule has 0 saturated heterocycles. The number of rotatable bonds is 20. The van der Waals surface area contributed by atoms with Crippen LogP contribution in [0.3, 0.4) is 0 Å². The number of allylic oxidation sites excluding steroid dienone is 1. The number of hydrogen-bond donors (Lipinski definition) is 0. The minimum atomic E-state index is -2.74. The third kappa shape index (κ3) is 11.5. The van der Waals surface area contributed by atoms with Gasteiger partial charge in [-0.05, 0) is 84.3 Å². The SMILES string of the molecule is CCOC(=O)c1c(/C=C/CC[C@H](C)C(/C=C\C[C@H](C)O[Si](c2ccccc2)(c2ccccc2)C(C)(C)C)OC(=O)c2ccccc2)cc(OC)cc1OCOC. The van der Waals surface area contributed by atoms with Crippen LogP contribution in [0.2, 0.25) is 5.04 Å². The van der Waals surface area contributed by atoms with E-state index in [1.807, 2.05) is 48.6 Å². The van der Waals surface area contributed by atoms with Crippen molar-refractivity contribution in [2.45, 2.75) is 78.1 Å². The molecule has 298 valence electrons. The van der Waals surface area contributed by atoms with Crippen molar-refractivity contribution in [3.63, 3.8) is 0 Å². The Labute approximate surface area is 334 Å². The fraction of sp³-hybridized carbons (Fsp3) is 0.362. The lowest BCUT2D eigenvalue weighted by Gasteiger charge is -2.44. The van der Waals surface area contributed by atoms with Crippen LogP contribution in [0.25, 0.3) is 6.08 Å². The van der Waals surface area contributed by atoms with Crippen LogP contribution < -0.4 is 19.8 Å². The number of hydrogen-bond acceptors (Lipinski definition) is 8. The van der Waals surface area contributed by atoms with Gasteiger partial charge in [0.05, 0.1) is 19.3 Å². The molecular weight excluding hydrogens is 721 g/mol. The minimum absolute atomic E-state index is 0.0353. The lowest BCUT2D eigenvalue weighted by molar-refractivity contribution is 0.0283. The molecule has 0 heterocycles. The molecule has 0 N–H and O–H groups in total. The summed E-state index contributed by atoms with van der Waals surface area (Å²) in [6.07, 6.45) is 9.33. The quantitative estimate of drug-likeness (QED) is 0.0380. The highest BCUT2D eigenvalue weighted by Gasteiger charge is 2.50. The molecule has 0 aromatic heterocycles. The monoisotopic (exact) mass is 778 g/mol. The van der Waals surface area contributed by atoms with Crippen LogP contribution in [0, 0.1) is 5.92 Å². The third-order valence-corrected chi connectivity index (χ3v) is 14.8. The van der Waals surface area contributed by atoms with E-state index in [-0.39, 0.29) is 36.4 Å². The van der Waals surface area contributed by atoms with E-state index in [9.17, 15) is 9.59 Å². The van der Waals surface area contributed by atoms with Gasteiger partial charge in [-0.3, -0.25) is 0 Å². The van der Waals surface area contributed by atoms with Crippen LogP contribution in [0.1, 0.15) is 87.1 Å². The Morgan fingerprint density at radius 3 is 1.96 bits per heavy atom. The zero-order chi connectivity index (χ0) is 40.6. The summed E-state index contributed by atoms with van der Waals surface area (Å²) in [6, 6.07) is 33.7. The van der Waals surface area contributed by atoms with Crippen molar-refractivity contribution in [2.75, 3.05) is 27.6 Å². The summed E-state index contributed by atoms with van der Waals surface area (Å²) in [6.45, 7) is 13.0. The van der Waals surface area contributed by atoms with Crippen molar-refractivity contribution in [1.29, 1.82) is 0 Å². The first-order chi connectivity index (χ1) is 26.9. The average molecular weight is 779 g/mol. The number of methoxy groups -OCH3 is 2. The van der Waals surface area contributed by atoms with Gasteiger partial charge in [0.2, 0.25) is 0 Å². The zero-order valence-corrected chi connectivity index (χ0v) is 35.2. The smallest absolute Gasteiger partial charge is 0.342 e. The molecule has 3 atom stereocenters. The number of ether oxygens (including phenoxy) is 5. The molecule has 0 radical (unpaired) electrons. The van der Waals surface area contributed by atoms with Crippen LogP contribution in [0.5, 0.6) is 11.5 Å². The molecular formula is C47H58O8Si. The van der Waals surface area contributed by atoms with Crippen molar-refractivity contribution >= 4 is 36.7 Å². The van der Waals surface area contributed by atoms with E-state index >= 15 is 0 Å². The summed E-state index contributed by atoms with van der Waals surface area (Å²) in [7, 11) is 0.326. The maximum absolute atomic E-state index is 13.3. The first kappa shape index (κ1) is 43.8. The molecule has 4 aromatic carbocycles. The first-order valence-electron chi connectivity index (χ1n) is 19.3. The van der Waals surface area contributed by atoms with Crippen LogP contribution >= 0.6 is 0 Å². The van der Waals surface area contributed by atoms with Crippen LogP contribution in [0.4, 0.5) is 0 Å². The highest BCUT2D eigenvalue weighted by Crippen LogP contribution is 2.38. The van der Waals surface area contributed by atoms with Crippen molar-refractivity contribution in [3.05, 3.63) is 138 Å². The lowest BCUT2D eigenvalue weighted by Crippen LogP contribution is -2.67. The maximum Gasteiger partial charge on any atom is 0.342 e. The van der Waals surface area contributed by atoms with E-state index in [1.54, 1.807) is 38.3 Å². The second-order valence-corrected chi connectivity index (χ2v) is 19.1. The molecule has 4 rings (SSSR count). The highest BCUT2D eigenvalue weighted by molar-refractivity contribution is 6.99. The van der Waals surface area contributed by atoms with E-state index in [1.165, 1.54) is 17.5 Å². The van der Waals surface area contributed by atoms with E-state index in [4.69, 9.17) is 28.1 Å². The molecule has 0 aliphatic heterocycles. The highest BCUT2D eigenvalue weighted by atomic mass is 28.4. The molecule has 9 heteroatoms. The van der Waals surface area contributed by atoms with Crippen LogP contribution in [-0.4, -0.2) is 60.1 Å². The Hall–Kier alpha value is -4.96. The van der Waals surface area contributed by atoms with Gasteiger partial charge in [-0.15, -0.1) is 0 Å². The second kappa shape index (κ2) is 21.4. The van der Waals surface area contributed by atoms with Gasteiger partial charge in [-0.2, -0.15) is 0 Å². The van der Waals surface area contributed by atoms with E-state index in [0.717, 1.165) is 0 Å². The standard InChI is InChI=1S/C47H58O8Si/c1-9-52-46(49)44-38(32-39(51-8)33-43(44)53-34-50-7)26-20-19-22-35(2)42(54-45(48)37-24-13-10-14-25-37)31-21-23-36(3)55-56(47(4,5)6,40-27-15-11-16-28-40)41-29-17-12-18-30-41/h10-18,20-21,24-33,35-36,42H,9,19,22-23,34H2,1-8H3/b26-20+,31-21-/t35-,36-,42?/m0/s1. The Balaban J connectivity index is 1.56. The van der Waals surface area contributed by atoms with E-state index in [2.05, 4.69) is 89.2 Å². The molecule has 0 fully saturated rings. The largest absolute Gasteiger partial charge is 0.497 e. The summed E-state index contributed by atoms with van der Waals surface area (Å²) >= 11 is 0. The van der Waals surface area contributed by atoms with Crippen molar-refractivity contribution in [2.24, 2.45) is 5.92 Å². The lowest BCUT2D eigenvalue weighted by atomic mass is 9.97. The van der Waals surface area contributed by atoms with Gasteiger partial charge >= 0.3 is 11.9 Å². The number of esters is 2. The Kier molecular flexibility index (Phi) is 16.7. The van der Waals surface area contributed by atoms with Gasteiger partial charge in [0.1, 0.15) is 23.2 Å². The van der Waals surface area contributed by atoms with Crippen molar-refractivity contribution < 1.29 is 37.7 Å². The van der Waals surface area contributed by atoms with Gasteiger partial charge < -0.3 is 28.1 Å². The summed E-state index contributed by atoms with van der Waals surface area (Å²) in [4.78, 5) is 26.4. The molecule has 0 amide bonds. The molecule has 4 aromatic rings. The van der Waals surface area contributed by atoms with Crippen molar-refractivity contribution in [1.82, 2.24) is 0 Å². The van der Waals surface area contributed by atoms with Gasteiger partial charge in [0.25, 0.3) is 8.32 Å². The van der Waals surface area contributed by atoms with Gasteiger partial charge in [-0.25, -0.2) is 9.59 Å². The molecule has 0 aliphatic carbocycles. The van der Waals surface area contributed by atoms with Gasteiger partial charge in [0.15, 0.2) is 6.79 Å². The molecule has 0 bridgehead atoms. The first-order valence-corrected chi connectivity index (χ1v) is 21.2. The average Bonchev–Trinajstić information content (AvgIpc) is 3.20. The van der Waals surface area contributed by atoms with Crippen LogP contribution in [-0.2, 0) is 18.6 Å². The molecule has 8 nitrogen and oxygen atoms in total. The predicted molar refractivity (Wildman–Crippen MR) is 226 cm³/mol. The van der Waals surface area contributed by atoms with E-state index in [0.29, 0.717) is 47.5 Å². The second-order valence-electron chi connectivity index (χ2n) is 14.8. The Morgan fingerprint density at radius 1 is 0.804 bits per heavy atom. The van der Waals surface area contributed by atoms with Crippen molar-refractivity contribution in [3.8, 4) is 11.5 Å². The number of carbonyl (C=O) groups is 2. The fourth-order valence-corrected chi connectivity index (χ4v) is 11.5. The van der Waals surface area contributed by atoms with Gasteiger partial charge in [-0.1, -0.05) is 125 Å². The minimum Gasteiger partial charge on any atom is -0.497 e. The number of carbonyl (C=O) groups excluding carboxylic acids is 2. The van der Waals surface area contributed by atoms with Crippen LogP contribution in [0.15, 0.2) is 121 Å². The molecule has 0 aliphatic rings. The fourth-order valence-electron chi connectivity index (χ4n) is 6.81. The molecule has 56 heavy (non-hydrogen) atoms. The Morgan fingerprint density at radius 2 is 1.41 bits per heavy atom. The summed E-state index contributed by atoms with van der Waals surface area (Å²) < 4.78 is 35.1. The third-order valence-electron chi connectivity index (χ3n) is 9.64. The van der Waals surface area contributed by atoms with E-state index < -0.39 is 20.4 Å². The molecule has 0 saturated carbocycles. The Bertz CT molecular complexity index is 1830.